The van der Waals surface area contributed by atoms with E-state index in [4.69, 9.17) is 0 Å². The van der Waals surface area contributed by atoms with Crippen molar-refractivity contribution in [2.45, 2.75) is 32.1 Å². The van der Waals surface area contributed by atoms with Crippen LogP contribution in [0.3, 0.4) is 0 Å². The van der Waals surface area contributed by atoms with E-state index in [-0.39, 0.29) is 17.1 Å². The molecule has 1 aliphatic carbocycles. The number of carbonyl (C=O) groups excluding carboxylic acids is 1. The third kappa shape index (κ3) is 2.05. The van der Waals surface area contributed by atoms with Crippen LogP contribution >= 0.6 is 0 Å². The van der Waals surface area contributed by atoms with Crippen molar-refractivity contribution in [1.82, 2.24) is 4.98 Å². The van der Waals surface area contributed by atoms with Gasteiger partial charge in [-0.15, -0.1) is 0 Å². The van der Waals surface area contributed by atoms with Gasteiger partial charge in [0, 0.05) is 11.6 Å². The van der Waals surface area contributed by atoms with Gasteiger partial charge in [0.05, 0.1) is 0 Å². The van der Waals surface area contributed by atoms with Crippen molar-refractivity contribution >= 4 is 5.78 Å². The fourth-order valence-electron chi connectivity index (χ4n) is 3.23. The third-order valence-corrected chi connectivity index (χ3v) is 4.72. The van der Waals surface area contributed by atoms with Crippen molar-refractivity contribution in [3.63, 3.8) is 0 Å². The molecule has 1 unspecified atom stereocenters. The highest BCUT2D eigenvalue weighted by atomic mass is 16.1. The first-order valence-corrected chi connectivity index (χ1v) is 7.25. The van der Waals surface area contributed by atoms with Crippen molar-refractivity contribution in [3.05, 3.63) is 66.0 Å². The van der Waals surface area contributed by atoms with Crippen LogP contribution in [-0.4, -0.2) is 10.8 Å². The summed E-state index contributed by atoms with van der Waals surface area (Å²) in [5.74, 6) is 0.452. The lowest BCUT2D eigenvalue weighted by molar-refractivity contribution is 0.0522. The fourth-order valence-corrected chi connectivity index (χ4v) is 3.23. The zero-order valence-corrected chi connectivity index (χ0v) is 11.8. The number of nitrogens with zero attached hydrogens (tertiary/aromatic N) is 1. The van der Waals surface area contributed by atoms with E-state index in [1.165, 1.54) is 5.56 Å². The number of aromatic nitrogens is 1. The van der Waals surface area contributed by atoms with Crippen molar-refractivity contribution in [2.75, 3.05) is 0 Å². The first-order valence-electron chi connectivity index (χ1n) is 7.25. The van der Waals surface area contributed by atoms with E-state index in [2.05, 4.69) is 24.0 Å². The van der Waals surface area contributed by atoms with Crippen molar-refractivity contribution < 1.29 is 4.79 Å². The number of hydrogen-bond donors (Lipinski definition) is 0. The van der Waals surface area contributed by atoms with Crippen molar-refractivity contribution in [2.24, 2.45) is 5.41 Å². The van der Waals surface area contributed by atoms with Crippen LogP contribution in [0.2, 0.25) is 0 Å². The van der Waals surface area contributed by atoms with Crippen LogP contribution in [0.1, 0.15) is 48.2 Å². The van der Waals surface area contributed by atoms with Gasteiger partial charge in [0.15, 0.2) is 5.78 Å². The second-order valence-corrected chi connectivity index (χ2v) is 5.69. The van der Waals surface area contributed by atoms with Crippen LogP contribution in [0, 0.1) is 5.41 Å². The Morgan fingerprint density at radius 1 is 1.10 bits per heavy atom. The summed E-state index contributed by atoms with van der Waals surface area (Å²) in [5.41, 5.74) is 1.60. The Morgan fingerprint density at radius 3 is 2.35 bits per heavy atom. The zero-order valence-electron chi connectivity index (χ0n) is 11.8. The molecule has 1 saturated carbocycles. The first-order chi connectivity index (χ1) is 9.74. The quantitative estimate of drug-likeness (QED) is 0.774. The molecule has 0 amide bonds. The van der Waals surface area contributed by atoms with Crippen LogP contribution in [0.15, 0.2) is 54.7 Å². The van der Waals surface area contributed by atoms with Crippen LogP contribution in [0.5, 0.6) is 0 Å². The van der Waals surface area contributed by atoms with Gasteiger partial charge < -0.3 is 0 Å². The Morgan fingerprint density at radius 2 is 1.80 bits per heavy atom. The van der Waals surface area contributed by atoms with Gasteiger partial charge in [-0.2, -0.15) is 0 Å². The first kappa shape index (κ1) is 13.0. The molecule has 1 heterocycles. The predicted molar refractivity (Wildman–Crippen MR) is 79.7 cm³/mol. The van der Waals surface area contributed by atoms with E-state index in [1.807, 2.05) is 36.4 Å². The molecule has 0 N–H and O–H groups in total. The summed E-state index contributed by atoms with van der Waals surface area (Å²) in [6.07, 6.45) is 4.78. The van der Waals surface area contributed by atoms with E-state index in [1.54, 1.807) is 6.20 Å². The molecule has 0 spiro atoms. The van der Waals surface area contributed by atoms with E-state index in [0.717, 1.165) is 19.3 Å². The van der Waals surface area contributed by atoms with Crippen LogP contribution in [-0.2, 0) is 0 Å². The molecule has 2 nitrogen and oxygen atoms in total. The molecule has 20 heavy (non-hydrogen) atoms. The highest BCUT2D eigenvalue weighted by molar-refractivity contribution is 6.00. The summed E-state index contributed by atoms with van der Waals surface area (Å²) in [4.78, 5) is 17.2. The van der Waals surface area contributed by atoms with Crippen LogP contribution in [0.4, 0.5) is 0 Å². The maximum atomic E-state index is 12.9. The van der Waals surface area contributed by atoms with Crippen LogP contribution in [0.25, 0.3) is 0 Å². The summed E-state index contributed by atoms with van der Waals surface area (Å²) in [5, 5.41) is 0. The molecular formula is C18H19NO. The Balaban J connectivity index is 1.94. The Bertz CT molecular complexity index is 587. The summed E-state index contributed by atoms with van der Waals surface area (Å²) >= 11 is 0. The van der Waals surface area contributed by atoms with E-state index < -0.39 is 0 Å². The normalized spacial score (nSPS) is 18.1. The van der Waals surface area contributed by atoms with Crippen molar-refractivity contribution in [1.29, 1.82) is 0 Å². The minimum Gasteiger partial charge on any atom is -0.292 e. The number of rotatable bonds is 4. The molecule has 3 rings (SSSR count). The molecule has 102 valence electrons. The lowest BCUT2D eigenvalue weighted by atomic mass is 9.57. The largest absolute Gasteiger partial charge is 0.292 e. The zero-order chi connectivity index (χ0) is 14.0. The average Bonchev–Trinajstić information content (AvgIpc) is 2.47. The average molecular weight is 265 g/mol. The standard InChI is InChI=1S/C18H19NO/c1-14(15-8-3-2-4-9-15)18(11-7-12-18)17(20)16-10-5-6-13-19-16/h2-6,8-10,13-14H,7,11-12H2,1H3. The SMILES string of the molecule is CC(c1ccccc1)C1(C(=O)c2ccccn2)CCC1. The molecule has 0 aliphatic heterocycles. The number of Topliss-reactive ketones (excluding diaryl/α,β-unsaturated/α-hetero) is 1. The maximum Gasteiger partial charge on any atom is 0.187 e. The molecule has 0 bridgehead atoms. The molecule has 2 aromatic rings. The van der Waals surface area contributed by atoms with E-state index in [9.17, 15) is 4.79 Å². The maximum absolute atomic E-state index is 12.9. The lowest BCUT2D eigenvalue weighted by Crippen LogP contribution is -2.42. The van der Waals surface area contributed by atoms with Gasteiger partial charge >= 0.3 is 0 Å². The Kier molecular flexibility index (Phi) is 3.39. The minimum absolute atomic E-state index is 0.209. The summed E-state index contributed by atoms with van der Waals surface area (Å²) in [6.45, 7) is 2.18. The van der Waals surface area contributed by atoms with Gasteiger partial charge in [-0.1, -0.05) is 49.7 Å². The predicted octanol–water partition coefficient (Wildman–Crippen LogP) is 4.24. The molecular weight excluding hydrogens is 246 g/mol. The molecule has 1 aromatic heterocycles. The summed E-state index contributed by atoms with van der Waals surface area (Å²) < 4.78 is 0. The Hall–Kier alpha value is -1.96. The molecule has 0 radical (unpaired) electrons. The summed E-state index contributed by atoms with van der Waals surface area (Å²) in [7, 11) is 0. The van der Waals surface area contributed by atoms with Gasteiger partial charge in [-0.25, -0.2) is 0 Å². The second kappa shape index (κ2) is 5.20. The molecule has 1 atom stereocenters. The van der Waals surface area contributed by atoms with E-state index >= 15 is 0 Å². The highest BCUT2D eigenvalue weighted by Gasteiger charge is 2.49. The molecule has 1 aliphatic rings. The van der Waals surface area contributed by atoms with E-state index in [0.29, 0.717) is 5.69 Å². The van der Waals surface area contributed by atoms with Gasteiger partial charge in [-0.3, -0.25) is 9.78 Å². The van der Waals surface area contributed by atoms with Crippen LogP contribution < -0.4 is 0 Å². The smallest absolute Gasteiger partial charge is 0.187 e. The minimum atomic E-state index is -0.254. The monoisotopic (exact) mass is 265 g/mol. The number of benzene rings is 1. The number of pyridine rings is 1. The molecule has 2 heteroatoms. The highest BCUT2D eigenvalue weighted by Crippen LogP contribution is 2.53. The topological polar surface area (TPSA) is 30.0 Å². The molecule has 0 saturated heterocycles. The van der Waals surface area contributed by atoms with Crippen molar-refractivity contribution in [3.8, 4) is 0 Å². The number of hydrogen-bond acceptors (Lipinski definition) is 2. The fraction of sp³-hybridized carbons (Fsp3) is 0.333. The van der Waals surface area contributed by atoms with Gasteiger partial charge in [-0.05, 0) is 36.5 Å². The summed E-state index contributed by atoms with van der Waals surface area (Å²) in [6, 6.07) is 15.9. The van der Waals surface area contributed by atoms with Gasteiger partial charge in [0.2, 0.25) is 0 Å². The number of carbonyl (C=O) groups is 1. The second-order valence-electron chi connectivity index (χ2n) is 5.69. The lowest BCUT2D eigenvalue weighted by Gasteiger charge is -2.45. The number of ketones is 1. The Labute approximate surface area is 119 Å². The van der Waals surface area contributed by atoms with Gasteiger partial charge in [0.25, 0.3) is 0 Å². The molecule has 1 fully saturated rings. The third-order valence-electron chi connectivity index (χ3n) is 4.72. The van der Waals surface area contributed by atoms with Gasteiger partial charge in [0.1, 0.15) is 5.69 Å². The molecule has 1 aromatic carbocycles.